The lowest BCUT2D eigenvalue weighted by Gasteiger charge is -2.19. The van der Waals surface area contributed by atoms with Crippen LogP contribution in [0.3, 0.4) is 0 Å². The molecule has 0 bridgehead atoms. The topological polar surface area (TPSA) is 41.3 Å². The van der Waals surface area contributed by atoms with Crippen molar-refractivity contribution in [3.05, 3.63) is 0 Å². The van der Waals surface area contributed by atoms with Crippen LogP contribution in [-0.4, -0.2) is 31.6 Å². The van der Waals surface area contributed by atoms with Crippen molar-refractivity contribution in [1.82, 2.24) is 10.3 Å². The van der Waals surface area contributed by atoms with Gasteiger partial charge in [0.1, 0.15) is 0 Å². The summed E-state index contributed by atoms with van der Waals surface area (Å²) in [4.78, 5) is 2.18. The first kappa shape index (κ1) is 9.96. The maximum atomic E-state index is 5.45. The summed E-state index contributed by atoms with van der Waals surface area (Å²) < 4.78 is 0. The van der Waals surface area contributed by atoms with Crippen LogP contribution >= 0.6 is 0 Å². The number of nitrogens with zero attached hydrogens (tertiary/aromatic N) is 1. The highest BCUT2D eigenvalue weighted by Crippen LogP contribution is 2.33. The number of hydrogen-bond donors (Lipinski definition) is 2. The zero-order valence-electron chi connectivity index (χ0n) is 8.21. The highest BCUT2D eigenvalue weighted by molar-refractivity contribution is 4.76. The zero-order chi connectivity index (χ0) is 8.97. The lowest BCUT2D eigenvalue weighted by atomic mass is 10.1. The molecule has 0 radical (unpaired) electrons. The molecule has 0 aromatic heterocycles. The molecule has 1 unspecified atom stereocenters. The van der Waals surface area contributed by atoms with Crippen molar-refractivity contribution in [2.24, 2.45) is 11.8 Å². The van der Waals surface area contributed by atoms with Crippen molar-refractivity contribution in [3.8, 4) is 0 Å². The summed E-state index contributed by atoms with van der Waals surface area (Å²) in [5.74, 6) is 6.47. The molecule has 3 nitrogen and oxygen atoms in total. The Labute approximate surface area is 75.3 Å². The van der Waals surface area contributed by atoms with Gasteiger partial charge in [-0.3, -0.25) is 11.3 Å². The van der Waals surface area contributed by atoms with Crippen LogP contribution in [0, 0.1) is 5.92 Å². The molecule has 0 spiro atoms. The fourth-order valence-corrected chi connectivity index (χ4v) is 1.51. The normalized spacial score (nSPS) is 20.0. The first-order valence-electron chi connectivity index (χ1n) is 4.83. The minimum Gasteiger partial charge on any atom is -0.308 e. The number of hydrogen-bond acceptors (Lipinski definition) is 3. The van der Waals surface area contributed by atoms with E-state index in [9.17, 15) is 0 Å². The molecule has 3 heteroatoms. The van der Waals surface area contributed by atoms with Crippen LogP contribution in [0.1, 0.15) is 25.7 Å². The van der Waals surface area contributed by atoms with E-state index in [4.69, 9.17) is 5.84 Å². The molecule has 0 aliphatic heterocycles. The zero-order valence-corrected chi connectivity index (χ0v) is 8.21. The molecule has 0 saturated heterocycles. The molecular formula is C9H21N3. The molecule has 3 N–H and O–H groups in total. The van der Waals surface area contributed by atoms with Crippen molar-refractivity contribution < 1.29 is 0 Å². The lowest BCUT2D eigenvalue weighted by Crippen LogP contribution is -2.42. The Morgan fingerprint density at radius 3 is 2.58 bits per heavy atom. The highest BCUT2D eigenvalue weighted by Gasteiger charge is 2.22. The van der Waals surface area contributed by atoms with Gasteiger partial charge in [0, 0.05) is 12.6 Å². The monoisotopic (exact) mass is 171 g/mol. The fourth-order valence-electron chi connectivity index (χ4n) is 1.51. The smallest absolute Gasteiger partial charge is 0.0337 e. The van der Waals surface area contributed by atoms with Crippen LogP contribution < -0.4 is 11.3 Å². The number of nitrogens with one attached hydrogen (secondary N) is 1. The summed E-state index contributed by atoms with van der Waals surface area (Å²) in [5, 5.41) is 0. The second-order valence-electron chi connectivity index (χ2n) is 4.15. The summed E-state index contributed by atoms with van der Waals surface area (Å²) in [6.07, 6.45) is 5.46. The van der Waals surface area contributed by atoms with Gasteiger partial charge in [-0.05, 0) is 32.9 Å². The predicted molar refractivity (Wildman–Crippen MR) is 51.6 cm³/mol. The molecule has 0 heterocycles. The van der Waals surface area contributed by atoms with Gasteiger partial charge in [-0.1, -0.05) is 12.8 Å². The molecule has 1 rings (SSSR count). The number of rotatable bonds is 6. The minimum absolute atomic E-state index is 0.473. The molecule has 0 aromatic rings. The minimum atomic E-state index is 0.473. The molecular weight excluding hydrogens is 150 g/mol. The van der Waals surface area contributed by atoms with Gasteiger partial charge in [-0.2, -0.15) is 0 Å². The standard InChI is InChI=1S/C9H21N3/c1-12(2)7-9(11-10)6-5-8-3-4-8/h8-9,11H,3-7,10H2,1-2H3. The summed E-state index contributed by atoms with van der Waals surface area (Å²) in [6, 6.07) is 0.473. The third kappa shape index (κ3) is 4.04. The summed E-state index contributed by atoms with van der Waals surface area (Å²) in [6.45, 7) is 1.04. The lowest BCUT2D eigenvalue weighted by molar-refractivity contribution is 0.322. The molecule has 0 amide bonds. The second-order valence-corrected chi connectivity index (χ2v) is 4.15. The number of nitrogens with two attached hydrogens (primary N) is 1. The van der Waals surface area contributed by atoms with Crippen LogP contribution in [0.4, 0.5) is 0 Å². The van der Waals surface area contributed by atoms with E-state index in [2.05, 4.69) is 24.4 Å². The molecule has 1 fully saturated rings. The van der Waals surface area contributed by atoms with E-state index >= 15 is 0 Å². The van der Waals surface area contributed by atoms with Crippen molar-refractivity contribution in [3.63, 3.8) is 0 Å². The SMILES string of the molecule is CN(C)CC(CCC1CC1)NN. The third-order valence-electron chi connectivity index (χ3n) is 2.44. The molecule has 1 atom stereocenters. The van der Waals surface area contributed by atoms with Crippen LogP contribution in [0.25, 0.3) is 0 Å². The van der Waals surface area contributed by atoms with E-state index in [-0.39, 0.29) is 0 Å². The van der Waals surface area contributed by atoms with Gasteiger partial charge in [0.05, 0.1) is 0 Å². The van der Waals surface area contributed by atoms with Crippen molar-refractivity contribution in [1.29, 1.82) is 0 Å². The van der Waals surface area contributed by atoms with Crippen LogP contribution in [-0.2, 0) is 0 Å². The first-order chi connectivity index (χ1) is 5.72. The Morgan fingerprint density at radius 1 is 1.50 bits per heavy atom. The summed E-state index contributed by atoms with van der Waals surface area (Å²) in [5.41, 5.74) is 2.87. The van der Waals surface area contributed by atoms with Gasteiger partial charge in [-0.15, -0.1) is 0 Å². The van der Waals surface area contributed by atoms with Gasteiger partial charge in [0.25, 0.3) is 0 Å². The Balaban J connectivity index is 2.06. The van der Waals surface area contributed by atoms with Crippen molar-refractivity contribution in [2.75, 3.05) is 20.6 Å². The Bertz CT molecular complexity index is 121. The molecule has 72 valence electrons. The average Bonchev–Trinajstić information content (AvgIpc) is 2.80. The predicted octanol–water partition coefficient (Wildman–Crippen LogP) is 0.570. The Hall–Kier alpha value is -0.120. The largest absolute Gasteiger partial charge is 0.308 e. The van der Waals surface area contributed by atoms with E-state index in [0.29, 0.717) is 6.04 Å². The highest BCUT2D eigenvalue weighted by atomic mass is 15.3. The fraction of sp³-hybridized carbons (Fsp3) is 1.00. The van der Waals surface area contributed by atoms with E-state index in [0.717, 1.165) is 12.5 Å². The van der Waals surface area contributed by atoms with Crippen LogP contribution in [0.15, 0.2) is 0 Å². The number of likely N-dealkylation sites (N-methyl/N-ethyl adjacent to an activating group) is 1. The van der Waals surface area contributed by atoms with Crippen molar-refractivity contribution >= 4 is 0 Å². The Morgan fingerprint density at radius 2 is 2.17 bits per heavy atom. The van der Waals surface area contributed by atoms with Gasteiger partial charge < -0.3 is 4.90 Å². The van der Waals surface area contributed by atoms with Gasteiger partial charge in [0.2, 0.25) is 0 Å². The average molecular weight is 171 g/mol. The molecule has 1 aliphatic rings. The molecule has 0 aromatic carbocycles. The Kier molecular flexibility index (Phi) is 3.98. The van der Waals surface area contributed by atoms with E-state index in [1.807, 2.05) is 0 Å². The first-order valence-corrected chi connectivity index (χ1v) is 4.83. The molecule has 1 saturated carbocycles. The van der Waals surface area contributed by atoms with E-state index in [1.165, 1.54) is 25.7 Å². The molecule has 1 aliphatic carbocycles. The van der Waals surface area contributed by atoms with E-state index in [1.54, 1.807) is 0 Å². The van der Waals surface area contributed by atoms with Gasteiger partial charge in [0.15, 0.2) is 0 Å². The van der Waals surface area contributed by atoms with Crippen molar-refractivity contribution in [2.45, 2.75) is 31.7 Å². The maximum Gasteiger partial charge on any atom is 0.0337 e. The maximum absolute atomic E-state index is 5.45. The second kappa shape index (κ2) is 4.80. The number of hydrazine groups is 1. The van der Waals surface area contributed by atoms with Gasteiger partial charge in [-0.25, -0.2) is 0 Å². The van der Waals surface area contributed by atoms with E-state index < -0.39 is 0 Å². The van der Waals surface area contributed by atoms with Crippen LogP contribution in [0.2, 0.25) is 0 Å². The van der Waals surface area contributed by atoms with Gasteiger partial charge >= 0.3 is 0 Å². The summed E-state index contributed by atoms with van der Waals surface area (Å²) >= 11 is 0. The quantitative estimate of drug-likeness (QED) is 0.453. The van der Waals surface area contributed by atoms with Crippen LogP contribution in [0.5, 0.6) is 0 Å². The third-order valence-corrected chi connectivity index (χ3v) is 2.44. The molecule has 12 heavy (non-hydrogen) atoms. The summed E-state index contributed by atoms with van der Waals surface area (Å²) in [7, 11) is 4.17.